The lowest BCUT2D eigenvalue weighted by molar-refractivity contribution is 0.265. The standard InChI is InChI=1S/C9H15N5/c1-2-14-4-3-8-7(6-14)5-9(11-10)13-12-8/h5H,2-4,6,10H2,1H3,(H,11,13). The molecule has 1 aliphatic rings. The number of rotatable bonds is 2. The maximum Gasteiger partial charge on any atom is 0.162 e. The van der Waals surface area contributed by atoms with Gasteiger partial charge in [0, 0.05) is 19.5 Å². The van der Waals surface area contributed by atoms with Gasteiger partial charge in [0.1, 0.15) is 0 Å². The molecule has 1 aromatic rings. The zero-order valence-corrected chi connectivity index (χ0v) is 8.32. The van der Waals surface area contributed by atoms with E-state index in [1.807, 2.05) is 6.07 Å². The van der Waals surface area contributed by atoms with Crippen LogP contribution in [-0.2, 0) is 13.0 Å². The average Bonchev–Trinajstić information content (AvgIpc) is 2.27. The van der Waals surface area contributed by atoms with Crippen molar-refractivity contribution in [2.75, 3.05) is 18.5 Å². The highest BCUT2D eigenvalue weighted by Gasteiger charge is 2.16. The molecule has 76 valence electrons. The second-order valence-corrected chi connectivity index (χ2v) is 3.46. The Morgan fingerprint density at radius 3 is 3.14 bits per heavy atom. The number of aromatic nitrogens is 2. The number of hydrazine groups is 1. The number of nitrogens with two attached hydrogens (primary N) is 1. The van der Waals surface area contributed by atoms with Gasteiger partial charge in [-0.1, -0.05) is 6.92 Å². The zero-order valence-electron chi connectivity index (χ0n) is 8.32. The van der Waals surface area contributed by atoms with Gasteiger partial charge in [0.25, 0.3) is 0 Å². The maximum absolute atomic E-state index is 5.28. The first-order valence-corrected chi connectivity index (χ1v) is 4.88. The highest BCUT2D eigenvalue weighted by atomic mass is 15.3. The summed E-state index contributed by atoms with van der Waals surface area (Å²) >= 11 is 0. The largest absolute Gasteiger partial charge is 0.307 e. The molecule has 0 saturated heterocycles. The Balaban J connectivity index is 2.25. The SMILES string of the molecule is CCN1CCc2nnc(NN)cc2C1. The summed E-state index contributed by atoms with van der Waals surface area (Å²) in [7, 11) is 0. The summed E-state index contributed by atoms with van der Waals surface area (Å²) in [5, 5.41) is 8.10. The molecule has 0 saturated carbocycles. The highest BCUT2D eigenvalue weighted by molar-refractivity contribution is 5.37. The molecular formula is C9H15N5. The smallest absolute Gasteiger partial charge is 0.162 e. The third-order valence-electron chi connectivity index (χ3n) is 2.61. The molecule has 1 aliphatic heterocycles. The predicted molar refractivity (Wildman–Crippen MR) is 54.5 cm³/mol. The van der Waals surface area contributed by atoms with Gasteiger partial charge < -0.3 is 5.43 Å². The van der Waals surface area contributed by atoms with Gasteiger partial charge in [0.2, 0.25) is 0 Å². The Morgan fingerprint density at radius 2 is 2.43 bits per heavy atom. The minimum atomic E-state index is 0.640. The first-order valence-electron chi connectivity index (χ1n) is 4.88. The van der Waals surface area contributed by atoms with E-state index in [-0.39, 0.29) is 0 Å². The topological polar surface area (TPSA) is 67.1 Å². The molecule has 14 heavy (non-hydrogen) atoms. The van der Waals surface area contributed by atoms with Crippen LogP contribution >= 0.6 is 0 Å². The summed E-state index contributed by atoms with van der Waals surface area (Å²) in [5.74, 6) is 5.92. The molecule has 3 N–H and O–H groups in total. The van der Waals surface area contributed by atoms with Crippen LogP contribution < -0.4 is 11.3 Å². The fraction of sp³-hybridized carbons (Fsp3) is 0.556. The van der Waals surface area contributed by atoms with Crippen molar-refractivity contribution >= 4 is 5.82 Å². The normalized spacial score (nSPS) is 16.4. The number of anilines is 1. The molecule has 2 heterocycles. The number of nitrogen functional groups attached to an aromatic ring is 1. The molecule has 5 nitrogen and oxygen atoms in total. The van der Waals surface area contributed by atoms with Gasteiger partial charge in [0.15, 0.2) is 5.82 Å². The maximum atomic E-state index is 5.28. The average molecular weight is 193 g/mol. The summed E-state index contributed by atoms with van der Waals surface area (Å²) in [6.07, 6.45) is 0.987. The van der Waals surface area contributed by atoms with Gasteiger partial charge in [-0.3, -0.25) is 4.90 Å². The van der Waals surface area contributed by atoms with Gasteiger partial charge in [-0.2, -0.15) is 5.10 Å². The van der Waals surface area contributed by atoms with E-state index in [1.165, 1.54) is 5.56 Å². The van der Waals surface area contributed by atoms with Crippen LogP contribution in [0, 0.1) is 0 Å². The van der Waals surface area contributed by atoms with Gasteiger partial charge >= 0.3 is 0 Å². The number of hydrogen-bond acceptors (Lipinski definition) is 5. The van der Waals surface area contributed by atoms with Gasteiger partial charge in [-0.25, -0.2) is 5.84 Å². The van der Waals surface area contributed by atoms with Crippen LogP contribution in [-0.4, -0.2) is 28.2 Å². The molecule has 0 spiro atoms. The Hall–Kier alpha value is -1.20. The fourth-order valence-electron chi connectivity index (χ4n) is 1.73. The van der Waals surface area contributed by atoms with Gasteiger partial charge in [0.05, 0.1) is 5.69 Å². The van der Waals surface area contributed by atoms with E-state index in [0.29, 0.717) is 5.82 Å². The molecule has 0 radical (unpaired) electrons. The summed E-state index contributed by atoms with van der Waals surface area (Å²) < 4.78 is 0. The van der Waals surface area contributed by atoms with E-state index in [0.717, 1.165) is 31.7 Å². The van der Waals surface area contributed by atoms with Crippen LogP contribution in [0.3, 0.4) is 0 Å². The molecule has 0 aromatic carbocycles. The van der Waals surface area contributed by atoms with Crippen LogP contribution in [0.5, 0.6) is 0 Å². The lowest BCUT2D eigenvalue weighted by Crippen LogP contribution is -2.31. The number of hydrogen-bond donors (Lipinski definition) is 2. The zero-order chi connectivity index (χ0) is 9.97. The van der Waals surface area contributed by atoms with E-state index in [2.05, 4.69) is 27.4 Å². The molecule has 0 unspecified atom stereocenters. The van der Waals surface area contributed by atoms with Crippen molar-refractivity contribution in [2.24, 2.45) is 5.84 Å². The third kappa shape index (κ3) is 1.69. The van der Waals surface area contributed by atoms with Gasteiger partial charge in [-0.05, 0) is 18.2 Å². The summed E-state index contributed by atoms with van der Waals surface area (Å²) in [6.45, 7) is 5.28. The van der Waals surface area contributed by atoms with Crippen molar-refractivity contribution < 1.29 is 0 Å². The molecule has 0 fully saturated rings. The molecule has 2 rings (SSSR count). The van der Waals surface area contributed by atoms with Crippen LogP contribution in [0.15, 0.2) is 6.07 Å². The van der Waals surface area contributed by atoms with E-state index < -0.39 is 0 Å². The van der Waals surface area contributed by atoms with E-state index in [9.17, 15) is 0 Å². The van der Waals surface area contributed by atoms with Gasteiger partial charge in [-0.15, -0.1) is 5.10 Å². The third-order valence-corrected chi connectivity index (χ3v) is 2.61. The number of nitrogens with one attached hydrogen (secondary N) is 1. The second-order valence-electron chi connectivity index (χ2n) is 3.46. The van der Waals surface area contributed by atoms with Crippen molar-refractivity contribution in [2.45, 2.75) is 19.9 Å². The second kappa shape index (κ2) is 3.89. The summed E-state index contributed by atoms with van der Waals surface area (Å²) in [5.41, 5.74) is 4.86. The molecule has 1 aromatic heterocycles. The number of nitrogens with zero attached hydrogens (tertiary/aromatic N) is 3. The van der Waals surface area contributed by atoms with Crippen LogP contribution in [0.25, 0.3) is 0 Å². The lowest BCUT2D eigenvalue weighted by atomic mass is 10.1. The fourth-order valence-corrected chi connectivity index (χ4v) is 1.73. The Labute approximate surface area is 83.3 Å². The van der Waals surface area contributed by atoms with E-state index in [1.54, 1.807) is 0 Å². The Kier molecular flexibility index (Phi) is 2.60. The Morgan fingerprint density at radius 1 is 1.57 bits per heavy atom. The minimum absolute atomic E-state index is 0.640. The molecule has 0 amide bonds. The lowest BCUT2D eigenvalue weighted by Gasteiger charge is -2.26. The summed E-state index contributed by atoms with van der Waals surface area (Å²) in [6, 6.07) is 1.98. The number of likely N-dealkylation sites (N-methyl/N-ethyl adjacent to an activating group) is 1. The van der Waals surface area contributed by atoms with E-state index >= 15 is 0 Å². The summed E-state index contributed by atoms with van der Waals surface area (Å²) in [4.78, 5) is 2.38. The van der Waals surface area contributed by atoms with Crippen LogP contribution in [0.4, 0.5) is 5.82 Å². The number of fused-ring (bicyclic) bond motifs is 1. The van der Waals surface area contributed by atoms with E-state index in [4.69, 9.17) is 5.84 Å². The highest BCUT2D eigenvalue weighted by Crippen LogP contribution is 2.17. The molecule has 0 atom stereocenters. The molecular weight excluding hydrogens is 178 g/mol. The minimum Gasteiger partial charge on any atom is -0.307 e. The van der Waals surface area contributed by atoms with Crippen molar-refractivity contribution in [3.8, 4) is 0 Å². The van der Waals surface area contributed by atoms with Crippen molar-refractivity contribution in [1.29, 1.82) is 0 Å². The molecule has 0 bridgehead atoms. The van der Waals surface area contributed by atoms with Crippen LogP contribution in [0.1, 0.15) is 18.2 Å². The van der Waals surface area contributed by atoms with Crippen LogP contribution in [0.2, 0.25) is 0 Å². The first-order chi connectivity index (χ1) is 6.83. The van der Waals surface area contributed by atoms with Crippen molar-refractivity contribution in [3.05, 3.63) is 17.3 Å². The van der Waals surface area contributed by atoms with Crippen molar-refractivity contribution in [3.63, 3.8) is 0 Å². The first kappa shape index (κ1) is 9.36. The molecule has 5 heteroatoms. The molecule has 0 aliphatic carbocycles. The Bertz CT molecular complexity index is 325. The quantitative estimate of drug-likeness (QED) is 0.516. The predicted octanol–water partition coefficient (Wildman–Crippen LogP) is 0.140. The monoisotopic (exact) mass is 193 g/mol. The van der Waals surface area contributed by atoms with Crippen molar-refractivity contribution in [1.82, 2.24) is 15.1 Å².